The molecule has 26 heavy (non-hydrogen) atoms. The maximum Gasteiger partial charge on any atom is 0.265 e. The fraction of sp³-hybridized carbons (Fsp3) is 0.300. The Morgan fingerprint density at radius 3 is 2.81 bits per heavy atom. The molecule has 0 bridgehead atoms. The van der Waals surface area contributed by atoms with Crippen LogP contribution in [0.2, 0.25) is 5.02 Å². The van der Waals surface area contributed by atoms with Crippen LogP contribution in [0.4, 0.5) is 11.4 Å². The first-order chi connectivity index (χ1) is 12.6. The van der Waals surface area contributed by atoms with Gasteiger partial charge in [0.1, 0.15) is 5.75 Å². The van der Waals surface area contributed by atoms with Crippen molar-refractivity contribution in [2.45, 2.75) is 26.2 Å². The minimum atomic E-state index is -0.295. The molecule has 1 aliphatic rings. The van der Waals surface area contributed by atoms with Crippen LogP contribution in [0.1, 0.15) is 36.5 Å². The van der Waals surface area contributed by atoms with Gasteiger partial charge in [-0.2, -0.15) is 0 Å². The van der Waals surface area contributed by atoms with Gasteiger partial charge in [0.15, 0.2) is 6.61 Å². The van der Waals surface area contributed by atoms with Crippen molar-refractivity contribution in [2.75, 3.05) is 23.4 Å². The molecular formula is C20H21ClN2O3. The van der Waals surface area contributed by atoms with Crippen molar-refractivity contribution in [3.05, 3.63) is 53.1 Å². The summed E-state index contributed by atoms with van der Waals surface area (Å²) in [6.45, 7) is 2.81. The number of nitrogens with one attached hydrogen (secondary N) is 1. The monoisotopic (exact) mass is 372 g/mol. The lowest BCUT2D eigenvalue weighted by Gasteiger charge is -2.30. The van der Waals surface area contributed by atoms with E-state index < -0.39 is 0 Å². The first-order valence-corrected chi connectivity index (χ1v) is 9.11. The van der Waals surface area contributed by atoms with E-state index >= 15 is 0 Å². The van der Waals surface area contributed by atoms with E-state index in [1.54, 1.807) is 47.4 Å². The molecule has 0 aromatic heterocycles. The number of amides is 2. The van der Waals surface area contributed by atoms with E-state index in [1.807, 2.05) is 0 Å². The molecule has 1 heterocycles. The molecule has 136 valence electrons. The van der Waals surface area contributed by atoms with Crippen molar-refractivity contribution in [1.29, 1.82) is 0 Å². The van der Waals surface area contributed by atoms with Crippen molar-refractivity contribution in [1.82, 2.24) is 0 Å². The minimum absolute atomic E-state index is 0.0461. The second-order valence-corrected chi connectivity index (χ2v) is 6.56. The summed E-state index contributed by atoms with van der Waals surface area (Å²) < 4.78 is 5.51. The van der Waals surface area contributed by atoms with Gasteiger partial charge >= 0.3 is 0 Å². The number of fused-ring (bicyclic) bond motifs is 1. The Bertz CT molecular complexity index is 822. The highest BCUT2D eigenvalue weighted by Crippen LogP contribution is 2.35. The third kappa shape index (κ3) is 3.99. The molecular weight excluding hydrogens is 352 g/mol. The van der Waals surface area contributed by atoms with E-state index in [0.717, 1.165) is 19.3 Å². The Kier molecular flexibility index (Phi) is 5.78. The summed E-state index contributed by atoms with van der Waals surface area (Å²) in [7, 11) is 0. The molecule has 0 unspecified atom stereocenters. The zero-order valence-electron chi connectivity index (χ0n) is 14.6. The normalized spacial score (nSPS) is 13.2. The van der Waals surface area contributed by atoms with Gasteiger partial charge in [-0.3, -0.25) is 9.59 Å². The molecule has 3 rings (SSSR count). The van der Waals surface area contributed by atoms with Gasteiger partial charge in [-0.25, -0.2) is 0 Å². The first kappa shape index (κ1) is 18.3. The zero-order valence-corrected chi connectivity index (χ0v) is 15.4. The van der Waals surface area contributed by atoms with Crippen molar-refractivity contribution in [2.24, 2.45) is 0 Å². The molecule has 2 amide bonds. The molecule has 0 spiro atoms. The third-order valence-electron chi connectivity index (χ3n) is 4.26. The summed E-state index contributed by atoms with van der Waals surface area (Å²) in [5.41, 5.74) is 1.68. The number of hydrogen-bond acceptors (Lipinski definition) is 3. The number of carbonyl (C=O) groups is 2. The predicted octanol–water partition coefficient (Wildman–Crippen LogP) is 4.51. The fourth-order valence-electron chi connectivity index (χ4n) is 2.89. The van der Waals surface area contributed by atoms with Gasteiger partial charge in [-0.15, -0.1) is 0 Å². The summed E-state index contributed by atoms with van der Waals surface area (Å²) in [4.78, 5) is 26.4. The lowest BCUT2D eigenvalue weighted by atomic mass is 10.1. The lowest BCUT2D eigenvalue weighted by Crippen LogP contribution is -2.39. The number of halogens is 1. The number of ether oxygens (including phenoxy) is 1. The van der Waals surface area contributed by atoms with Crippen molar-refractivity contribution < 1.29 is 14.3 Å². The van der Waals surface area contributed by atoms with Gasteiger partial charge in [0, 0.05) is 12.2 Å². The van der Waals surface area contributed by atoms with E-state index in [4.69, 9.17) is 16.3 Å². The van der Waals surface area contributed by atoms with E-state index in [-0.39, 0.29) is 18.4 Å². The van der Waals surface area contributed by atoms with Crippen LogP contribution in [0.15, 0.2) is 42.5 Å². The average Bonchev–Trinajstić information content (AvgIpc) is 2.64. The average molecular weight is 373 g/mol. The highest BCUT2D eigenvalue weighted by atomic mass is 35.5. The lowest BCUT2D eigenvalue weighted by molar-refractivity contribution is -0.121. The van der Waals surface area contributed by atoms with Gasteiger partial charge in [0.05, 0.1) is 16.3 Å². The molecule has 0 atom stereocenters. The van der Waals surface area contributed by atoms with Crippen molar-refractivity contribution in [3.63, 3.8) is 0 Å². The van der Waals surface area contributed by atoms with Crippen LogP contribution in [0.5, 0.6) is 5.75 Å². The van der Waals surface area contributed by atoms with Crippen LogP contribution in [0.3, 0.4) is 0 Å². The highest BCUT2D eigenvalue weighted by molar-refractivity contribution is 6.34. The highest BCUT2D eigenvalue weighted by Gasteiger charge is 2.25. The zero-order chi connectivity index (χ0) is 18.5. The number of nitrogens with zero attached hydrogens (tertiary/aromatic N) is 1. The number of hydrogen-bond donors (Lipinski definition) is 1. The Morgan fingerprint density at radius 2 is 2.04 bits per heavy atom. The molecule has 2 aromatic carbocycles. The van der Waals surface area contributed by atoms with E-state index in [1.165, 1.54) is 0 Å². The van der Waals surface area contributed by atoms with Crippen molar-refractivity contribution >= 4 is 34.8 Å². The van der Waals surface area contributed by atoms with Crippen LogP contribution in [-0.2, 0) is 4.79 Å². The topological polar surface area (TPSA) is 58.6 Å². The van der Waals surface area contributed by atoms with Crippen LogP contribution < -0.4 is 15.0 Å². The molecule has 0 fully saturated rings. The fourth-order valence-corrected chi connectivity index (χ4v) is 3.11. The molecule has 1 N–H and O–H groups in total. The largest absolute Gasteiger partial charge is 0.482 e. The summed E-state index contributed by atoms with van der Waals surface area (Å²) >= 11 is 6.08. The molecule has 0 aliphatic carbocycles. The molecule has 2 aromatic rings. The Labute approximate surface area is 157 Å². The summed E-state index contributed by atoms with van der Waals surface area (Å²) in [5.74, 6) is 0.288. The molecule has 0 saturated carbocycles. The van der Waals surface area contributed by atoms with Gasteiger partial charge in [0.25, 0.3) is 11.8 Å². The van der Waals surface area contributed by atoms with Gasteiger partial charge < -0.3 is 15.0 Å². The number of benzene rings is 2. The van der Waals surface area contributed by atoms with Gasteiger partial charge in [-0.1, -0.05) is 43.5 Å². The SMILES string of the molecule is CCCCCN1C(=O)COc2ccc(NC(=O)c3ccccc3Cl)cc21. The number of anilines is 2. The molecule has 0 radical (unpaired) electrons. The number of carbonyl (C=O) groups excluding carboxylic acids is 2. The standard InChI is InChI=1S/C20H21ClN2O3/c1-2-3-6-11-23-17-12-14(9-10-18(17)26-13-19(23)24)22-20(25)15-7-4-5-8-16(15)21/h4-5,7-10,12H,2-3,6,11,13H2,1H3,(H,22,25). The quantitative estimate of drug-likeness (QED) is 0.759. The van der Waals surface area contributed by atoms with Gasteiger partial charge in [-0.05, 0) is 36.8 Å². The molecule has 1 aliphatic heterocycles. The molecule has 0 saturated heterocycles. The number of rotatable bonds is 6. The second kappa shape index (κ2) is 8.23. The summed E-state index contributed by atoms with van der Waals surface area (Å²) in [6.07, 6.45) is 3.07. The smallest absolute Gasteiger partial charge is 0.265 e. The second-order valence-electron chi connectivity index (χ2n) is 6.16. The van der Waals surface area contributed by atoms with Crippen LogP contribution in [0, 0.1) is 0 Å². The van der Waals surface area contributed by atoms with E-state index in [9.17, 15) is 9.59 Å². The Morgan fingerprint density at radius 1 is 1.23 bits per heavy atom. The van der Waals surface area contributed by atoms with E-state index in [2.05, 4.69) is 12.2 Å². The van der Waals surface area contributed by atoms with Crippen LogP contribution in [-0.4, -0.2) is 25.0 Å². The first-order valence-electron chi connectivity index (χ1n) is 8.73. The third-order valence-corrected chi connectivity index (χ3v) is 4.59. The van der Waals surface area contributed by atoms with Gasteiger partial charge in [0.2, 0.25) is 0 Å². The van der Waals surface area contributed by atoms with Crippen LogP contribution in [0.25, 0.3) is 0 Å². The molecule has 6 heteroatoms. The predicted molar refractivity (Wildman–Crippen MR) is 103 cm³/mol. The maximum absolute atomic E-state index is 12.5. The molecule has 5 nitrogen and oxygen atoms in total. The summed E-state index contributed by atoms with van der Waals surface area (Å²) in [5, 5.41) is 3.23. The van der Waals surface area contributed by atoms with Crippen LogP contribution >= 0.6 is 11.6 Å². The maximum atomic E-state index is 12.5. The van der Waals surface area contributed by atoms with E-state index in [0.29, 0.717) is 34.3 Å². The number of unbranched alkanes of at least 4 members (excludes halogenated alkanes) is 2. The Hall–Kier alpha value is -2.53. The van der Waals surface area contributed by atoms with Crippen molar-refractivity contribution in [3.8, 4) is 5.75 Å². The summed E-state index contributed by atoms with van der Waals surface area (Å²) in [6, 6.07) is 12.2. The minimum Gasteiger partial charge on any atom is -0.482 e. The Balaban J connectivity index is 1.81.